The second-order valence-electron chi connectivity index (χ2n) is 7.09. The van der Waals surface area contributed by atoms with E-state index in [0.717, 1.165) is 32.1 Å². The van der Waals surface area contributed by atoms with Crippen molar-refractivity contribution in [2.24, 2.45) is 11.8 Å². The lowest BCUT2D eigenvalue weighted by molar-refractivity contribution is -0.152. The first kappa shape index (κ1) is 17.3. The molecule has 0 aromatic heterocycles. The van der Waals surface area contributed by atoms with Gasteiger partial charge in [-0.1, -0.05) is 33.1 Å². The third-order valence-electron chi connectivity index (χ3n) is 5.37. The predicted octanol–water partition coefficient (Wildman–Crippen LogP) is 2.42. The van der Waals surface area contributed by atoms with Gasteiger partial charge in [0.25, 0.3) is 0 Å². The standard InChI is InChI=1S/C17H29NO4/c1-3-8-17(22,9-4-2)10-14(19)18-11-12-6-5-7-13(12)15(18)16(20)21/h12-13,15,22H,3-11H2,1-2H3,(H,20,21). The molecule has 1 aliphatic carbocycles. The van der Waals surface area contributed by atoms with Gasteiger partial charge in [0, 0.05) is 6.54 Å². The van der Waals surface area contributed by atoms with Gasteiger partial charge in [-0.15, -0.1) is 0 Å². The molecule has 1 aliphatic heterocycles. The number of rotatable bonds is 7. The van der Waals surface area contributed by atoms with Crippen LogP contribution < -0.4 is 0 Å². The Balaban J connectivity index is 2.09. The lowest BCUT2D eigenvalue weighted by atomic mass is 9.88. The van der Waals surface area contributed by atoms with Crippen LogP contribution in [0.4, 0.5) is 0 Å². The lowest BCUT2D eigenvalue weighted by Gasteiger charge is -2.31. The zero-order valence-corrected chi connectivity index (χ0v) is 13.8. The van der Waals surface area contributed by atoms with Crippen molar-refractivity contribution in [3.8, 4) is 0 Å². The molecule has 1 saturated carbocycles. The number of fused-ring (bicyclic) bond motifs is 1. The Morgan fingerprint density at radius 3 is 2.36 bits per heavy atom. The summed E-state index contributed by atoms with van der Waals surface area (Å²) in [4.78, 5) is 25.8. The van der Waals surface area contributed by atoms with Crippen LogP contribution in [-0.4, -0.2) is 45.2 Å². The average Bonchev–Trinajstić information content (AvgIpc) is 2.97. The van der Waals surface area contributed by atoms with Gasteiger partial charge in [-0.25, -0.2) is 4.79 Å². The summed E-state index contributed by atoms with van der Waals surface area (Å²) in [6.45, 7) is 4.53. The van der Waals surface area contributed by atoms with Crippen LogP contribution in [-0.2, 0) is 9.59 Å². The van der Waals surface area contributed by atoms with Crippen molar-refractivity contribution in [2.45, 2.75) is 76.9 Å². The molecule has 0 aromatic carbocycles. The number of carbonyl (C=O) groups is 2. The van der Waals surface area contributed by atoms with Gasteiger partial charge in [-0.3, -0.25) is 4.79 Å². The van der Waals surface area contributed by atoms with E-state index in [-0.39, 0.29) is 18.2 Å². The van der Waals surface area contributed by atoms with Crippen LogP contribution in [0.1, 0.15) is 65.2 Å². The van der Waals surface area contributed by atoms with Gasteiger partial charge in [0.2, 0.25) is 5.91 Å². The number of carboxylic acids is 1. The van der Waals surface area contributed by atoms with Crippen molar-refractivity contribution in [2.75, 3.05) is 6.54 Å². The third-order valence-corrected chi connectivity index (χ3v) is 5.37. The van der Waals surface area contributed by atoms with Gasteiger partial charge in [-0.05, 0) is 37.5 Å². The molecule has 0 radical (unpaired) electrons. The van der Waals surface area contributed by atoms with Crippen LogP contribution in [0.3, 0.4) is 0 Å². The molecular formula is C17H29NO4. The first-order valence-corrected chi connectivity index (χ1v) is 8.66. The molecule has 3 unspecified atom stereocenters. The molecule has 0 bridgehead atoms. The molecule has 5 heteroatoms. The summed E-state index contributed by atoms with van der Waals surface area (Å²) >= 11 is 0. The Morgan fingerprint density at radius 1 is 1.18 bits per heavy atom. The van der Waals surface area contributed by atoms with E-state index >= 15 is 0 Å². The highest BCUT2D eigenvalue weighted by Gasteiger charge is 2.50. The molecule has 1 saturated heterocycles. The van der Waals surface area contributed by atoms with Crippen LogP contribution in [0.25, 0.3) is 0 Å². The normalized spacial score (nSPS) is 28.0. The number of carbonyl (C=O) groups excluding carboxylic acids is 1. The highest BCUT2D eigenvalue weighted by atomic mass is 16.4. The van der Waals surface area contributed by atoms with Gasteiger partial charge in [0.05, 0.1) is 12.0 Å². The Labute approximate surface area is 132 Å². The minimum absolute atomic E-state index is 0.0535. The number of hydrogen-bond acceptors (Lipinski definition) is 3. The molecule has 22 heavy (non-hydrogen) atoms. The molecule has 126 valence electrons. The quantitative estimate of drug-likeness (QED) is 0.757. The van der Waals surface area contributed by atoms with Gasteiger partial charge >= 0.3 is 5.97 Å². The van der Waals surface area contributed by atoms with Crippen molar-refractivity contribution >= 4 is 11.9 Å². The number of nitrogens with zero attached hydrogens (tertiary/aromatic N) is 1. The fraction of sp³-hybridized carbons (Fsp3) is 0.882. The molecule has 2 N–H and O–H groups in total. The Kier molecular flexibility index (Phi) is 5.48. The maximum Gasteiger partial charge on any atom is 0.326 e. The van der Waals surface area contributed by atoms with E-state index in [1.165, 1.54) is 4.90 Å². The Hall–Kier alpha value is -1.10. The topological polar surface area (TPSA) is 77.8 Å². The highest BCUT2D eigenvalue weighted by molar-refractivity contribution is 5.85. The smallest absolute Gasteiger partial charge is 0.326 e. The average molecular weight is 311 g/mol. The second kappa shape index (κ2) is 6.99. The van der Waals surface area contributed by atoms with Crippen molar-refractivity contribution in [1.29, 1.82) is 0 Å². The van der Waals surface area contributed by atoms with E-state index in [1.807, 2.05) is 13.8 Å². The summed E-state index contributed by atoms with van der Waals surface area (Å²) in [7, 11) is 0. The van der Waals surface area contributed by atoms with E-state index in [4.69, 9.17) is 0 Å². The molecule has 0 aromatic rings. The molecule has 1 amide bonds. The van der Waals surface area contributed by atoms with Crippen molar-refractivity contribution in [3.63, 3.8) is 0 Å². The monoisotopic (exact) mass is 311 g/mol. The maximum atomic E-state index is 12.7. The predicted molar refractivity (Wildman–Crippen MR) is 83.4 cm³/mol. The van der Waals surface area contributed by atoms with Crippen molar-refractivity contribution in [3.05, 3.63) is 0 Å². The van der Waals surface area contributed by atoms with Crippen LogP contribution in [0.2, 0.25) is 0 Å². The first-order valence-electron chi connectivity index (χ1n) is 8.66. The first-order chi connectivity index (χ1) is 10.4. The Morgan fingerprint density at radius 2 is 1.82 bits per heavy atom. The number of likely N-dealkylation sites (tertiary alicyclic amines) is 1. The summed E-state index contributed by atoms with van der Waals surface area (Å²) in [6, 6.07) is -0.687. The number of aliphatic hydroxyl groups is 1. The van der Waals surface area contributed by atoms with Crippen LogP contribution in [0, 0.1) is 11.8 Å². The molecular weight excluding hydrogens is 282 g/mol. The van der Waals surface area contributed by atoms with Crippen molar-refractivity contribution < 1.29 is 19.8 Å². The van der Waals surface area contributed by atoms with Gasteiger partial charge in [-0.2, -0.15) is 0 Å². The molecule has 1 heterocycles. The highest BCUT2D eigenvalue weighted by Crippen LogP contribution is 2.43. The van der Waals surface area contributed by atoms with E-state index in [1.54, 1.807) is 0 Å². The van der Waals surface area contributed by atoms with Crippen LogP contribution >= 0.6 is 0 Å². The third kappa shape index (κ3) is 3.45. The summed E-state index contributed by atoms with van der Waals surface area (Å²) in [5, 5.41) is 20.2. The van der Waals surface area contributed by atoms with Crippen LogP contribution in [0.15, 0.2) is 0 Å². The molecule has 0 spiro atoms. The van der Waals surface area contributed by atoms with E-state index < -0.39 is 17.6 Å². The molecule has 3 atom stereocenters. The van der Waals surface area contributed by atoms with E-state index in [2.05, 4.69) is 0 Å². The number of hydrogen-bond donors (Lipinski definition) is 2. The molecule has 2 aliphatic rings. The lowest BCUT2D eigenvalue weighted by Crippen LogP contribution is -2.46. The number of carboxylic acid groups (broad SMARTS) is 1. The van der Waals surface area contributed by atoms with Gasteiger partial charge < -0.3 is 15.1 Å². The summed E-state index contributed by atoms with van der Waals surface area (Å²) < 4.78 is 0. The zero-order valence-electron chi connectivity index (χ0n) is 13.8. The summed E-state index contributed by atoms with van der Waals surface area (Å²) in [5.74, 6) is -0.647. The minimum atomic E-state index is -0.985. The molecule has 2 fully saturated rings. The minimum Gasteiger partial charge on any atom is -0.480 e. The SMILES string of the molecule is CCCC(O)(CCC)CC(=O)N1CC2CCCC2C1C(=O)O. The summed E-state index contributed by atoms with van der Waals surface area (Å²) in [5.41, 5.74) is -0.985. The zero-order chi connectivity index (χ0) is 16.3. The maximum absolute atomic E-state index is 12.7. The molecule has 5 nitrogen and oxygen atoms in total. The van der Waals surface area contributed by atoms with E-state index in [0.29, 0.717) is 25.3 Å². The van der Waals surface area contributed by atoms with E-state index in [9.17, 15) is 19.8 Å². The van der Waals surface area contributed by atoms with Gasteiger partial charge in [0.15, 0.2) is 0 Å². The second-order valence-corrected chi connectivity index (χ2v) is 7.09. The van der Waals surface area contributed by atoms with Crippen molar-refractivity contribution in [1.82, 2.24) is 4.90 Å². The number of amides is 1. The van der Waals surface area contributed by atoms with Crippen LogP contribution in [0.5, 0.6) is 0 Å². The molecule has 2 rings (SSSR count). The largest absolute Gasteiger partial charge is 0.480 e. The fourth-order valence-corrected chi connectivity index (χ4v) is 4.49. The Bertz CT molecular complexity index is 417. The fourth-order valence-electron chi connectivity index (χ4n) is 4.49. The number of aliphatic carboxylic acids is 1. The van der Waals surface area contributed by atoms with Gasteiger partial charge in [0.1, 0.15) is 6.04 Å². The summed E-state index contributed by atoms with van der Waals surface area (Å²) in [6.07, 6.45) is 5.85.